The molecule has 30 heavy (non-hydrogen) atoms. The Bertz CT molecular complexity index is 937. The van der Waals surface area contributed by atoms with Gasteiger partial charge in [-0.2, -0.15) is 56.3 Å². The van der Waals surface area contributed by atoms with Crippen LogP contribution in [0.25, 0.3) is 0 Å². The van der Waals surface area contributed by atoms with Crippen molar-refractivity contribution in [2.24, 2.45) is 0 Å². The molecule has 0 aromatic rings. The highest BCUT2D eigenvalue weighted by Gasteiger charge is 2.69. The molecular formula is C9H13F8N3O7S3. The van der Waals surface area contributed by atoms with Gasteiger partial charge in [-0.25, -0.2) is 8.42 Å². The highest BCUT2D eigenvalue weighted by molar-refractivity contribution is 8.08. The molecule has 1 saturated heterocycles. The second-order valence-electron chi connectivity index (χ2n) is 5.78. The van der Waals surface area contributed by atoms with Crippen LogP contribution in [0.1, 0.15) is 6.42 Å². The van der Waals surface area contributed by atoms with Gasteiger partial charge in [0.05, 0.1) is 6.42 Å². The molecule has 0 aliphatic carbocycles. The van der Waals surface area contributed by atoms with Crippen molar-refractivity contribution in [3.8, 4) is 0 Å². The van der Waals surface area contributed by atoms with E-state index in [4.69, 9.17) is 0 Å². The highest BCUT2D eigenvalue weighted by Crippen LogP contribution is 2.31. The predicted molar refractivity (Wildman–Crippen MR) is 80.8 cm³/mol. The zero-order chi connectivity index (χ0) is 24.0. The summed E-state index contributed by atoms with van der Waals surface area (Å²) in [4.78, 5) is 0.991. The number of nitrogens with zero attached hydrogens (tertiary/aromatic N) is 2. The second-order valence-corrected chi connectivity index (χ2v) is 12.0. The Hall–Kier alpha value is -0.870. The zero-order valence-electron chi connectivity index (χ0n) is 14.2. The first-order chi connectivity index (χ1) is 13.1. The van der Waals surface area contributed by atoms with E-state index >= 15 is 0 Å². The third kappa shape index (κ3) is 5.12. The fourth-order valence-electron chi connectivity index (χ4n) is 2.10. The molecule has 1 aliphatic heterocycles. The molecule has 180 valence electrons. The minimum atomic E-state index is -7.40. The van der Waals surface area contributed by atoms with Crippen LogP contribution >= 0.6 is 0 Å². The van der Waals surface area contributed by atoms with Crippen molar-refractivity contribution >= 4 is 30.1 Å². The quantitative estimate of drug-likeness (QED) is 0.332. The molecule has 0 aromatic heterocycles. The molecule has 1 heterocycles. The van der Waals surface area contributed by atoms with Crippen LogP contribution in [0.15, 0.2) is 0 Å². The molecule has 1 atom stereocenters. The number of halogens is 8. The van der Waals surface area contributed by atoms with Crippen molar-refractivity contribution in [2.75, 3.05) is 32.7 Å². The fraction of sp³-hybridized carbons (Fsp3) is 1.00. The van der Waals surface area contributed by atoms with Gasteiger partial charge in [-0.3, -0.25) is 0 Å². The molecule has 0 aromatic carbocycles. The van der Waals surface area contributed by atoms with Crippen LogP contribution in [-0.4, -0.2) is 83.5 Å². The maximum absolute atomic E-state index is 14.1. The maximum atomic E-state index is 14.1. The van der Waals surface area contributed by atoms with Crippen LogP contribution in [0, 0.1) is 5.21 Å². The first-order valence-electron chi connectivity index (χ1n) is 7.35. The number of quaternary nitrogens is 1. The van der Waals surface area contributed by atoms with Gasteiger partial charge < -0.3 is 10.1 Å². The number of piperazine rings is 1. The lowest BCUT2D eigenvalue weighted by molar-refractivity contribution is -0.558. The Morgan fingerprint density at radius 2 is 1.20 bits per heavy atom. The Morgan fingerprint density at radius 1 is 0.767 bits per heavy atom. The van der Waals surface area contributed by atoms with E-state index in [9.17, 15) is 65.6 Å². The molecule has 1 fully saturated rings. The molecule has 1 rings (SSSR count). The minimum absolute atomic E-state index is 0.276. The van der Waals surface area contributed by atoms with Gasteiger partial charge in [-0.1, -0.05) is 0 Å². The number of nitrogens with one attached hydrogen (secondary N) is 1. The lowest BCUT2D eigenvalue weighted by Gasteiger charge is -2.35. The van der Waals surface area contributed by atoms with E-state index in [2.05, 4.69) is 0 Å². The third-order valence-electron chi connectivity index (χ3n) is 3.74. The molecule has 0 saturated carbocycles. The van der Waals surface area contributed by atoms with Crippen LogP contribution in [0.5, 0.6) is 0 Å². The standard InChI is InChI=1S/C9H13F8N3O7S3/c10-7(11,12)1-2-18-3-5-19(6-4-18)29(24,25)9(16,17)30(26,27)20(21)28(22,23)8(13,14)15/h20H,1-6H2. The molecule has 0 bridgehead atoms. The van der Waals surface area contributed by atoms with Gasteiger partial charge in [0.2, 0.25) is 0 Å². The summed E-state index contributed by atoms with van der Waals surface area (Å²) in [6.07, 6.45) is -5.90. The van der Waals surface area contributed by atoms with Crippen LogP contribution in [0.2, 0.25) is 0 Å². The Labute approximate surface area is 164 Å². The minimum Gasteiger partial charge on any atom is -0.602 e. The summed E-state index contributed by atoms with van der Waals surface area (Å²) in [5.74, 6) is 0. The van der Waals surface area contributed by atoms with Crippen LogP contribution in [-0.2, 0) is 30.1 Å². The van der Waals surface area contributed by atoms with Crippen molar-refractivity contribution < 1.29 is 64.3 Å². The van der Waals surface area contributed by atoms with Crippen LogP contribution in [0.3, 0.4) is 0 Å². The van der Waals surface area contributed by atoms with Gasteiger partial charge in [-0.15, -0.1) is 3.87 Å². The predicted octanol–water partition coefficient (Wildman–Crippen LogP) is -1.00. The van der Waals surface area contributed by atoms with Crippen molar-refractivity contribution in [1.29, 1.82) is 0 Å². The lowest BCUT2D eigenvalue weighted by atomic mass is 10.3. The Morgan fingerprint density at radius 3 is 1.57 bits per heavy atom. The van der Waals surface area contributed by atoms with Gasteiger partial charge in [0.15, 0.2) is 0 Å². The summed E-state index contributed by atoms with van der Waals surface area (Å²) in [5.41, 5.74) is -6.60. The summed E-state index contributed by atoms with van der Waals surface area (Å²) in [7, 11) is -21.2. The molecule has 1 N–H and O–H groups in total. The average molecular weight is 523 g/mol. The molecule has 1 aliphatic rings. The summed E-state index contributed by atoms with van der Waals surface area (Å²) < 4.78 is 159. The van der Waals surface area contributed by atoms with Crippen LogP contribution in [0.4, 0.5) is 35.1 Å². The van der Waals surface area contributed by atoms with Gasteiger partial charge in [0, 0.05) is 32.7 Å². The smallest absolute Gasteiger partial charge is 0.550 e. The average Bonchev–Trinajstić information content (AvgIpc) is 2.57. The van der Waals surface area contributed by atoms with Crippen molar-refractivity contribution in [3.63, 3.8) is 0 Å². The summed E-state index contributed by atoms with van der Waals surface area (Å²) >= 11 is 0. The maximum Gasteiger partial charge on any atom is 0.550 e. The molecule has 10 nitrogen and oxygen atoms in total. The van der Waals surface area contributed by atoms with Gasteiger partial charge in [-0.05, 0) is 0 Å². The molecule has 0 radical (unpaired) electrons. The highest BCUT2D eigenvalue weighted by atomic mass is 32.3. The van der Waals surface area contributed by atoms with E-state index in [1.165, 1.54) is 0 Å². The van der Waals surface area contributed by atoms with Gasteiger partial charge >= 0.3 is 46.3 Å². The summed E-state index contributed by atoms with van der Waals surface area (Å²) in [6, 6.07) is 0. The summed E-state index contributed by atoms with van der Waals surface area (Å²) in [5, 5.41) is 11.2. The summed E-state index contributed by atoms with van der Waals surface area (Å²) in [6.45, 7) is -3.80. The Kier molecular flexibility index (Phi) is 7.46. The number of alkyl halides is 8. The second kappa shape index (κ2) is 8.24. The van der Waals surface area contributed by atoms with Crippen molar-refractivity contribution in [3.05, 3.63) is 5.21 Å². The Balaban J connectivity index is 3.09. The number of hydrogen-bond acceptors (Lipinski definition) is 8. The zero-order valence-corrected chi connectivity index (χ0v) is 16.7. The van der Waals surface area contributed by atoms with E-state index in [1.807, 2.05) is 0 Å². The molecule has 1 unspecified atom stereocenters. The van der Waals surface area contributed by atoms with E-state index in [-0.39, 0.29) is 4.31 Å². The van der Waals surface area contributed by atoms with E-state index in [1.54, 1.807) is 0 Å². The van der Waals surface area contributed by atoms with Crippen molar-refractivity contribution in [1.82, 2.24) is 9.21 Å². The SMILES string of the molecule is O=S(=O)(N1CCN(CCC(F)(F)F)CC1)C(F)(F)S(=O)(=O)[NH+]([O-])S(=O)(=O)C(F)(F)F. The number of hydrogen-bond donors (Lipinski definition) is 1. The van der Waals surface area contributed by atoms with Gasteiger partial charge in [0.1, 0.15) is 0 Å². The number of sulfonamides is 3. The third-order valence-corrected chi connectivity index (χ3v) is 10.1. The largest absolute Gasteiger partial charge is 0.602 e. The normalized spacial score (nSPS) is 20.3. The number of rotatable bonds is 7. The fourth-order valence-corrected chi connectivity index (χ4v) is 6.99. The van der Waals surface area contributed by atoms with Gasteiger partial charge in [0.25, 0.3) is 0 Å². The first kappa shape index (κ1) is 27.2. The van der Waals surface area contributed by atoms with E-state index in [0.29, 0.717) is 0 Å². The molecular weight excluding hydrogens is 510 g/mol. The lowest BCUT2D eigenvalue weighted by Crippen LogP contribution is -3.14. The molecule has 0 amide bonds. The monoisotopic (exact) mass is 523 g/mol. The molecule has 21 heteroatoms. The topological polar surface area (TPSA) is 136 Å². The van der Waals surface area contributed by atoms with E-state index in [0.717, 1.165) is 4.90 Å². The van der Waals surface area contributed by atoms with Crippen molar-refractivity contribution in [2.45, 2.75) is 22.7 Å². The van der Waals surface area contributed by atoms with Crippen LogP contribution < -0.4 is 3.87 Å². The van der Waals surface area contributed by atoms with E-state index < -0.39 is 89.4 Å². The first-order valence-corrected chi connectivity index (χ1v) is 11.8. The molecule has 0 spiro atoms.